The Morgan fingerprint density at radius 3 is 2.50 bits per heavy atom. The van der Waals surface area contributed by atoms with Crippen LogP contribution in [0.25, 0.3) is 11.1 Å². The molecule has 2 aromatic carbocycles. The van der Waals surface area contributed by atoms with E-state index < -0.39 is 0 Å². The number of benzene rings is 2. The van der Waals surface area contributed by atoms with Gasteiger partial charge in [-0.15, -0.1) is 12.4 Å². The third-order valence-corrected chi connectivity index (χ3v) is 2.69. The van der Waals surface area contributed by atoms with E-state index in [0.29, 0.717) is 12.1 Å². The van der Waals surface area contributed by atoms with Crippen molar-refractivity contribution in [2.45, 2.75) is 6.54 Å². The Kier molecular flexibility index (Phi) is 5.13. The maximum absolute atomic E-state index is 13.6. The summed E-state index contributed by atoms with van der Waals surface area (Å²) < 4.78 is 18.8. The molecule has 0 unspecified atom stereocenters. The fourth-order valence-electron chi connectivity index (χ4n) is 1.80. The summed E-state index contributed by atoms with van der Waals surface area (Å²) >= 11 is 0. The van der Waals surface area contributed by atoms with E-state index in [0.717, 1.165) is 16.9 Å². The third-order valence-electron chi connectivity index (χ3n) is 2.69. The summed E-state index contributed by atoms with van der Waals surface area (Å²) in [7, 11) is 1.59. The lowest BCUT2D eigenvalue weighted by atomic mass is 10.0. The predicted molar refractivity (Wildman–Crippen MR) is 73.5 cm³/mol. The van der Waals surface area contributed by atoms with Crippen LogP contribution in [-0.4, -0.2) is 7.11 Å². The summed E-state index contributed by atoms with van der Waals surface area (Å²) in [4.78, 5) is 0. The Labute approximate surface area is 112 Å². The van der Waals surface area contributed by atoms with Crippen LogP contribution in [0.1, 0.15) is 5.56 Å². The molecule has 0 spiro atoms. The van der Waals surface area contributed by atoms with Crippen molar-refractivity contribution < 1.29 is 9.13 Å². The average molecular weight is 268 g/mol. The molecule has 0 heterocycles. The van der Waals surface area contributed by atoms with Crippen molar-refractivity contribution in [2.75, 3.05) is 7.11 Å². The maximum Gasteiger partial charge on any atom is 0.131 e. The molecule has 0 atom stereocenters. The van der Waals surface area contributed by atoms with E-state index in [9.17, 15) is 4.39 Å². The topological polar surface area (TPSA) is 35.2 Å². The fraction of sp³-hybridized carbons (Fsp3) is 0.143. The Balaban J connectivity index is 0.00000162. The van der Waals surface area contributed by atoms with Crippen molar-refractivity contribution in [3.8, 4) is 16.9 Å². The molecule has 0 bridgehead atoms. The molecule has 0 aliphatic carbocycles. The molecular weight excluding hydrogens is 253 g/mol. The van der Waals surface area contributed by atoms with Gasteiger partial charge in [-0.05, 0) is 23.8 Å². The number of nitrogens with two attached hydrogens (primary N) is 1. The van der Waals surface area contributed by atoms with Crippen molar-refractivity contribution in [3.63, 3.8) is 0 Å². The first kappa shape index (κ1) is 14.5. The van der Waals surface area contributed by atoms with E-state index in [1.807, 2.05) is 24.3 Å². The van der Waals surface area contributed by atoms with Gasteiger partial charge in [0.05, 0.1) is 7.11 Å². The summed E-state index contributed by atoms with van der Waals surface area (Å²) in [5.74, 6) is 0.494. The molecular formula is C14H15ClFNO. The summed E-state index contributed by atoms with van der Waals surface area (Å²) in [6, 6.07) is 12.2. The lowest BCUT2D eigenvalue weighted by molar-refractivity contribution is 0.410. The van der Waals surface area contributed by atoms with Gasteiger partial charge in [-0.3, -0.25) is 0 Å². The standard InChI is InChI=1S/C14H14FNO.ClH/c1-17-14-7-6-10(8-11(14)9-16)12-4-2-3-5-13(12)15;/h2-8H,9,16H2,1H3;1H. The Morgan fingerprint density at radius 2 is 1.89 bits per heavy atom. The van der Waals surface area contributed by atoms with Crippen LogP contribution >= 0.6 is 12.4 Å². The molecule has 18 heavy (non-hydrogen) atoms. The number of methoxy groups -OCH3 is 1. The van der Waals surface area contributed by atoms with Gasteiger partial charge in [0, 0.05) is 17.7 Å². The summed E-state index contributed by atoms with van der Waals surface area (Å²) in [5.41, 5.74) is 7.89. The smallest absolute Gasteiger partial charge is 0.131 e. The van der Waals surface area contributed by atoms with Crippen LogP contribution in [0, 0.1) is 5.82 Å². The number of halogens is 2. The molecule has 0 aliphatic heterocycles. The van der Waals surface area contributed by atoms with Crippen molar-refractivity contribution >= 4 is 12.4 Å². The highest BCUT2D eigenvalue weighted by atomic mass is 35.5. The molecule has 96 valence electrons. The Morgan fingerprint density at radius 1 is 1.17 bits per heavy atom. The van der Waals surface area contributed by atoms with Gasteiger partial charge < -0.3 is 10.5 Å². The lowest BCUT2D eigenvalue weighted by Gasteiger charge is -2.09. The van der Waals surface area contributed by atoms with Crippen LogP contribution in [0.15, 0.2) is 42.5 Å². The molecule has 2 N–H and O–H groups in total. The van der Waals surface area contributed by atoms with Gasteiger partial charge in [0.1, 0.15) is 11.6 Å². The van der Waals surface area contributed by atoms with Crippen LogP contribution in [0.5, 0.6) is 5.75 Å². The fourth-order valence-corrected chi connectivity index (χ4v) is 1.80. The Bertz CT molecular complexity index is 531. The minimum Gasteiger partial charge on any atom is -0.496 e. The third kappa shape index (κ3) is 2.81. The number of hydrogen-bond donors (Lipinski definition) is 1. The largest absolute Gasteiger partial charge is 0.496 e. The molecule has 4 heteroatoms. The van der Waals surface area contributed by atoms with Crippen molar-refractivity contribution in [1.82, 2.24) is 0 Å². The minimum atomic E-state index is -0.236. The molecule has 0 aliphatic rings. The van der Waals surface area contributed by atoms with Gasteiger partial charge in [-0.25, -0.2) is 4.39 Å². The van der Waals surface area contributed by atoms with Gasteiger partial charge in [-0.2, -0.15) is 0 Å². The van der Waals surface area contributed by atoms with Crippen molar-refractivity contribution in [3.05, 3.63) is 53.8 Å². The van der Waals surface area contributed by atoms with E-state index in [2.05, 4.69) is 0 Å². The van der Waals surface area contributed by atoms with E-state index in [-0.39, 0.29) is 18.2 Å². The van der Waals surface area contributed by atoms with E-state index in [1.54, 1.807) is 19.2 Å². The highest BCUT2D eigenvalue weighted by Crippen LogP contribution is 2.27. The first-order chi connectivity index (χ1) is 8.26. The molecule has 0 amide bonds. The maximum atomic E-state index is 13.6. The molecule has 0 saturated carbocycles. The van der Waals surface area contributed by atoms with Crippen LogP contribution < -0.4 is 10.5 Å². The zero-order valence-electron chi connectivity index (χ0n) is 10.0. The van der Waals surface area contributed by atoms with E-state index in [4.69, 9.17) is 10.5 Å². The Hall–Kier alpha value is -1.58. The predicted octanol–water partition coefficient (Wildman–Crippen LogP) is 3.38. The van der Waals surface area contributed by atoms with Gasteiger partial charge in [0.25, 0.3) is 0 Å². The highest BCUT2D eigenvalue weighted by molar-refractivity contribution is 5.85. The summed E-state index contributed by atoms with van der Waals surface area (Å²) in [6.07, 6.45) is 0. The highest BCUT2D eigenvalue weighted by Gasteiger charge is 2.07. The lowest BCUT2D eigenvalue weighted by Crippen LogP contribution is -2.00. The number of ether oxygens (including phenoxy) is 1. The quantitative estimate of drug-likeness (QED) is 0.925. The number of rotatable bonds is 3. The molecule has 2 aromatic rings. The zero-order chi connectivity index (χ0) is 12.3. The van der Waals surface area contributed by atoms with Crippen molar-refractivity contribution in [1.29, 1.82) is 0 Å². The normalized spacial score (nSPS) is 9.72. The van der Waals surface area contributed by atoms with Crippen LogP contribution in [-0.2, 0) is 6.54 Å². The molecule has 2 nitrogen and oxygen atoms in total. The average Bonchev–Trinajstić information content (AvgIpc) is 2.38. The first-order valence-electron chi connectivity index (χ1n) is 5.38. The second-order valence-electron chi connectivity index (χ2n) is 3.71. The van der Waals surface area contributed by atoms with Crippen LogP contribution in [0.2, 0.25) is 0 Å². The summed E-state index contributed by atoms with van der Waals surface area (Å²) in [6.45, 7) is 0.367. The zero-order valence-corrected chi connectivity index (χ0v) is 10.8. The van der Waals surface area contributed by atoms with Gasteiger partial charge >= 0.3 is 0 Å². The van der Waals surface area contributed by atoms with Crippen molar-refractivity contribution in [2.24, 2.45) is 5.73 Å². The molecule has 0 fully saturated rings. The van der Waals surface area contributed by atoms with Gasteiger partial charge in [0.2, 0.25) is 0 Å². The van der Waals surface area contributed by atoms with E-state index >= 15 is 0 Å². The van der Waals surface area contributed by atoms with Gasteiger partial charge in [-0.1, -0.05) is 24.3 Å². The molecule has 2 rings (SSSR count). The second kappa shape index (κ2) is 6.38. The van der Waals surface area contributed by atoms with E-state index in [1.165, 1.54) is 6.07 Å². The molecule has 0 saturated heterocycles. The first-order valence-corrected chi connectivity index (χ1v) is 5.38. The molecule has 0 radical (unpaired) electrons. The minimum absolute atomic E-state index is 0. The van der Waals surface area contributed by atoms with Gasteiger partial charge in [0.15, 0.2) is 0 Å². The number of hydrogen-bond acceptors (Lipinski definition) is 2. The SMILES string of the molecule is COc1ccc(-c2ccccc2F)cc1CN.Cl. The van der Waals surface area contributed by atoms with Crippen LogP contribution in [0.3, 0.4) is 0 Å². The van der Waals surface area contributed by atoms with Crippen LogP contribution in [0.4, 0.5) is 4.39 Å². The monoisotopic (exact) mass is 267 g/mol. The summed E-state index contributed by atoms with van der Waals surface area (Å²) in [5, 5.41) is 0. The molecule has 0 aromatic heterocycles. The second-order valence-corrected chi connectivity index (χ2v) is 3.71.